The molecule has 0 unspecified atom stereocenters. The van der Waals surface area contributed by atoms with Crippen LogP contribution in [-0.4, -0.2) is 176 Å². The number of carbonyl (C=O) groups is 5. The highest BCUT2D eigenvalue weighted by Crippen LogP contribution is 2.28. The summed E-state index contributed by atoms with van der Waals surface area (Å²) in [6, 6.07) is 6.52. The Morgan fingerprint density at radius 2 is 1.65 bits per heavy atom. The SMILES string of the molecule is CC(=O)N[C@@H](CCC(=O)NC[C@H](O)[C@@H](O)[C@H](O)[C@H](O)CO)C(=O)CCCSSCCOC(=O)OCCN1CCN(c2cc(Nc3ncc(C(=O)Cc4c(C)cccc4Cl)s3)nc(C)n2)CC1. The fourth-order valence-corrected chi connectivity index (χ4v) is 9.53. The van der Waals surface area contributed by atoms with Crippen molar-refractivity contribution in [1.82, 2.24) is 30.5 Å². The maximum absolute atomic E-state index is 13.0. The first kappa shape index (κ1) is 54.4. The van der Waals surface area contributed by atoms with Crippen molar-refractivity contribution in [3.63, 3.8) is 0 Å². The molecule has 1 fully saturated rings. The van der Waals surface area contributed by atoms with Crippen LogP contribution in [0.1, 0.15) is 59.2 Å². The second-order valence-corrected chi connectivity index (χ2v) is 19.5. The number of aliphatic hydroxyl groups is 5. The van der Waals surface area contributed by atoms with E-state index in [4.69, 9.17) is 26.2 Å². The lowest BCUT2D eigenvalue weighted by Crippen LogP contribution is -2.49. The van der Waals surface area contributed by atoms with E-state index in [9.17, 15) is 44.4 Å². The number of piperazine rings is 1. The maximum atomic E-state index is 13.0. The number of rotatable bonds is 28. The number of hydrogen-bond acceptors (Lipinski definition) is 21. The van der Waals surface area contributed by atoms with Gasteiger partial charge in [-0.15, -0.1) is 0 Å². The lowest BCUT2D eigenvalue weighted by molar-refractivity contribution is -0.128. The van der Waals surface area contributed by atoms with E-state index in [0.717, 1.165) is 30.0 Å². The molecule has 1 aliphatic rings. The maximum Gasteiger partial charge on any atom is 0.508 e. The smallest absolute Gasteiger partial charge is 0.433 e. The van der Waals surface area contributed by atoms with E-state index in [1.807, 2.05) is 32.0 Å². The Bertz CT molecular complexity index is 2040. The quantitative estimate of drug-likeness (QED) is 0.0224. The zero-order chi connectivity index (χ0) is 48.2. The Morgan fingerprint density at radius 3 is 2.36 bits per heavy atom. The van der Waals surface area contributed by atoms with Gasteiger partial charge >= 0.3 is 6.16 Å². The second-order valence-electron chi connectivity index (χ2n) is 15.3. The van der Waals surface area contributed by atoms with Gasteiger partial charge < -0.3 is 55.9 Å². The normalized spacial score (nSPS) is 15.3. The Balaban J connectivity index is 1.05. The molecular weight excluding hydrogens is 940 g/mol. The predicted molar refractivity (Wildman–Crippen MR) is 252 cm³/mol. The minimum Gasteiger partial charge on any atom is -0.433 e. The largest absolute Gasteiger partial charge is 0.508 e. The summed E-state index contributed by atoms with van der Waals surface area (Å²) < 4.78 is 10.5. The Kier molecular flexibility index (Phi) is 23.3. The molecule has 1 aliphatic heterocycles. The molecular formula is C42H59ClN8O12S3. The monoisotopic (exact) mass is 998 g/mol. The third-order valence-corrected chi connectivity index (χ3v) is 14.0. The minimum atomic E-state index is -1.83. The predicted octanol–water partition coefficient (Wildman–Crippen LogP) is 2.22. The van der Waals surface area contributed by atoms with Crippen LogP contribution in [0.15, 0.2) is 30.5 Å². The van der Waals surface area contributed by atoms with Gasteiger partial charge in [0.1, 0.15) is 49.0 Å². The number of ether oxygens (including phenoxy) is 2. The molecule has 1 saturated heterocycles. The number of hydrogen-bond donors (Lipinski definition) is 8. The van der Waals surface area contributed by atoms with Crippen LogP contribution in [0.2, 0.25) is 5.02 Å². The van der Waals surface area contributed by atoms with Gasteiger partial charge in [0.2, 0.25) is 11.8 Å². The number of aliphatic hydroxyl groups excluding tert-OH is 5. The van der Waals surface area contributed by atoms with Gasteiger partial charge in [-0.3, -0.25) is 24.1 Å². The first-order chi connectivity index (χ1) is 31.5. The molecule has 3 aromatic rings. The number of ketones is 2. The molecule has 2 amide bonds. The number of aromatic nitrogens is 3. The summed E-state index contributed by atoms with van der Waals surface area (Å²) in [7, 11) is 2.97. The van der Waals surface area contributed by atoms with Gasteiger partial charge in [0.25, 0.3) is 0 Å². The lowest BCUT2D eigenvalue weighted by atomic mass is 10.0. The summed E-state index contributed by atoms with van der Waals surface area (Å²) in [5.74, 6) is 1.69. The fourth-order valence-electron chi connectivity index (χ4n) is 6.57. The van der Waals surface area contributed by atoms with Crippen LogP contribution >= 0.6 is 44.5 Å². The van der Waals surface area contributed by atoms with Crippen LogP contribution in [0.5, 0.6) is 0 Å². The zero-order valence-corrected chi connectivity index (χ0v) is 40.2. The Labute approximate surface area is 400 Å². The van der Waals surface area contributed by atoms with Crippen molar-refractivity contribution in [2.75, 3.05) is 80.8 Å². The number of carbonyl (C=O) groups excluding carboxylic acids is 5. The lowest BCUT2D eigenvalue weighted by Gasteiger charge is -2.35. The number of nitrogens with one attached hydrogen (secondary N) is 3. The molecule has 2 aromatic heterocycles. The van der Waals surface area contributed by atoms with Gasteiger partial charge in [-0.05, 0) is 43.9 Å². The van der Waals surface area contributed by atoms with Gasteiger partial charge in [0.05, 0.1) is 29.8 Å². The van der Waals surface area contributed by atoms with Gasteiger partial charge in [-0.1, -0.05) is 56.7 Å². The highest BCUT2D eigenvalue weighted by molar-refractivity contribution is 8.76. The van der Waals surface area contributed by atoms with Crippen molar-refractivity contribution in [3.05, 3.63) is 57.3 Å². The van der Waals surface area contributed by atoms with Crippen LogP contribution in [0.4, 0.5) is 21.6 Å². The van der Waals surface area contributed by atoms with E-state index in [0.29, 0.717) is 64.2 Å². The van der Waals surface area contributed by atoms with E-state index in [1.54, 1.807) is 12.3 Å². The van der Waals surface area contributed by atoms with E-state index in [1.165, 1.54) is 39.8 Å². The van der Waals surface area contributed by atoms with Crippen LogP contribution in [0, 0.1) is 13.8 Å². The molecule has 0 saturated carbocycles. The molecule has 0 aliphatic carbocycles. The molecule has 0 radical (unpaired) electrons. The van der Waals surface area contributed by atoms with Crippen molar-refractivity contribution in [2.45, 2.75) is 83.3 Å². The van der Waals surface area contributed by atoms with Crippen molar-refractivity contribution in [3.8, 4) is 0 Å². The number of amides is 2. The summed E-state index contributed by atoms with van der Waals surface area (Å²) in [5.41, 5.74) is 1.76. The standard InChI is InChI=1S/C42H59ClN8O12S3/c1-25-6-4-7-29(43)28(25)20-32(55)35-23-45-41(66-35)49-36-21-37(47-26(2)46-36)51-13-11-50(12-14-51)15-16-62-42(61)63-17-19-65-64-18-5-8-31(54)30(48-27(3)53)9-10-38(58)44-22-33(56)39(59)40(60)34(57)24-52/h4,6-7,21,23,30,33-34,39-40,52,56-57,59-60H,5,8-20,22,24H2,1-3H3,(H,44,58)(H,48,53)(H,45,46,47,49)/t30-,33-,34+,39+,40+/m0/s1. The molecule has 24 heteroatoms. The third kappa shape index (κ3) is 18.5. The molecule has 1 aromatic carbocycles. The van der Waals surface area contributed by atoms with Crippen LogP contribution < -0.4 is 20.9 Å². The minimum absolute atomic E-state index is 0.000386. The second kappa shape index (κ2) is 28.2. The first-order valence-corrected chi connectivity index (χ1v) is 25.0. The van der Waals surface area contributed by atoms with Crippen molar-refractivity contribution in [1.29, 1.82) is 0 Å². The van der Waals surface area contributed by atoms with Crippen molar-refractivity contribution >= 4 is 90.8 Å². The van der Waals surface area contributed by atoms with Gasteiger partial charge in [-0.2, -0.15) is 0 Å². The molecule has 8 N–H and O–H groups in total. The topological polar surface area (TPSA) is 286 Å². The molecule has 4 rings (SSSR count). The van der Waals surface area contributed by atoms with E-state index < -0.39 is 61.6 Å². The average Bonchev–Trinajstić information content (AvgIpc) is 3.76. The molecule has 364 valence electrons. The van der Waals surface area contributed by atoms with Crippen LogP contribution in [-0.2, 0) is 30.3 Å². The molecule has 20 nitrogen and oxygen atoms in total. The van der Waals surface area contributed by atoms with Crippen molar-refractivity contribution in [2.24, 2.45) is 0 Å². The Hall–Kier alpha value is -4.17. The van der Waals surface area contributed by atoms with Crippen LogP contribution in [0.3, 0.4) is 0 Å². The number of thiazole rings is 1. The highest BCUT2D eigenvalue weighted by Gasteiger charge is 2.30. The molecule has 5 atom stereocenters. The molecule has 66 heavy (non-hydrogen) atoms. The van der Waals surface area contributed by atoms with E-state index in [2.05, 4.69) is 40.7 Å². The average molecular weight is 1000 g/mol. The van der Waals surface area contributed by atoms with Gasteiger partial charge in [0, 0.05) is 88.0 Å². The summed E-state index contributed by atoms with van der Waals surface area (Å²) in [5, 5.41) is 57.1. The number of benzene rings is 1. The van der Waals surface area contributed by atoms with Crippen molar-refractivity contribution < 1.29 is 59.0 Å². The third-order valence-electron chi connectivity index (χ3n) is 10.2. The summed E-state index contributed by atoms with van der Waals surface area (Å²) in [4.78, 5) is 80.4. The highest BCUT2D eigenvalue weighted by atomic mass is 35.5. The number of nitrogens with zero attached hydrogens (tertiary/aromatic N) is 5. The summed E-state index contributed by atoms with van der Waals surface area (Å²) >= 11 is 7.59. The Morgan fingerprint density at radius 1 is 0.939 bits per heavy atom. The molecule has 0 spiro atoms. The zero-order valence-electron chi connectivity index (χ0n) is 37.0. The number of anilines is 3. The summed E-state index contributed by atoms with van der Waals surface area (Å²) in [6.07, 6.45) is -5.49. The van der Waals surface area contributed by atoms with Gasteiger partial charge in [-0.25, -0.2) is 19.7 Å². The number of halogens is 1. The van der Waals surface area contributed by atoms with Gasteiger partial charge in [0.15, 0.2) is 16.7 Å². The molecule has 0 bridgehead atoms. The number of Topliss-reactive ketones (excluding diaryl/α,β-unsaturated/α-hetero) is 2. The number of aryl methyl sites for hydroxylation is 2. The molecule has 3 heterocycles. The van der Waals surface area contributed by atoms with Crippen LogP contribution in [0.25, 0.3) is 0 Å². The first-order valence-electron chi connectivity index (χ1n) is 21.3. The summed E-state index contributed by atoms with van der Waals surface area (Å²) in [6.45, 7) is 7.41. The van der Waals surface area contributed by atoms with E-state index >= 15 is 0 Å². The van der Waals surface area contributed by atoms with E-state index in [-0.39, 0.29) is 50.5 Å². The fraction of sp³-hybridized carbons (Fsp3) is 0.571.